The van der Waals surface area contributed by atoms with Crippen molar-refractivity contribution < 1.29 is 13.3 Å². The van der Waals surface area contributed by atoms with E-state index in [0.29, 0.717) is 0 Å². The van der Waals surface area contributed by atoms with Gasteiger partial charge in [-0.05, 0) is 43.8 Å². The zero-order valence-electron chi connectivity index (χ0n) is 15.2. The zero-order valence-corrected chi connectivity index (χ0v) is 16.1. The van der Waals surface area contributed by atoms with E-state index in [0.717, 1.165) is 17.3 Å². The number of anilines is 1. The summed E-state index contributed by atoms with van der Waals surface area (Å²) in [6.45, 7) is 1.87. The number of aromatic nitrogens is 2. The van der Waals surface area contributed by atoms with Gasteiger partial charge in [-0.1, -0.05) is 18.2 Å². The minimum atomic E-state index is -3.78. The highest BCUT2D eigenvalue weighted by atomic mass is 32.2. The maximum atomic E-state index is 11.9. The maximum absolute atomic E-state index is 11.9. The lowest BCUT2D eigenvalue weighted by Gasteiger charge is -2.19. The van der Waals surface area contributed by atoms with Crippen LogP contribution in [0.3, 0.4) is 0 Å². The first-order chi connectivity index (χ1) is 13.3. The maximum Gasteiger partial charge on any atom is 0.293 e. The van der Waals surface area contributed by atoms with Crippen molar-refractivity contribution >= 4 is 21.4 Å². The van der Waals surface area contributed by atoms with Crippen molar-refractivity contribution in [1.29, 1.82) is 0 Å². The normalized spacial score (nSPS) is 12.5. The van der Waals surface area contributed by atoms with Crippen LogP contribution in [0.5, 0.6) is 0 Å². The Hall–Kier alpha value is -3.24. The molecule has 0 amide bonds. The van der Waals surface area contributed by atoms with Crippen LogP contribution in [0.2, 0.25) is 0 Å². The van der Waals surface area contributed by atoms with Gasteiger partial charge in [0.1, 0.15) is 5.69 Å². The Balaban J connectivity index is 1.97. The van der Waals surface area contributed by atoms with Crippen LogP contribution in [0.1, 0.15) is 18.5 Å². The Labute approximate surface area is 162 Å². The van der Waals surface area contributed by atoms with Crippen LogP contribution in [0.4, 0.5) is 11.4 Å². The summed E-state index contributed by atoms with van der Waals surface area (Å²) in [5.74, 6) is 0. The second-order valence-corrected chi connectivity index (χ2v) is 7.91. The van der Waals surface area contributed by atoms with E-state index in [1.54, 1.807) is 16.9 Å². The first-order valence-electron chi connectivity index (χ1n) is 8.41. The quantitative estimate of drug-likeness (QED) is 0.464. The largest absolute Gasteiger partial charge is 0.373 e. The van der Waals surface area contributed by atoms with Crippen molar-refractivity contribution in [3.8, 4) is 5.69 Å². The summed E-state index contributed by atoms with van der Waals surface area (Å²) in [6.07, 6.45) is 3.48. The fourth-order valence-electron chi connectivity index (χ4n) is 2.85. The molecule has 0 aliphatic heterocycles. The number of nitrogens with zero attached hydrogens (tertiary/aromatic N) is 3. The zero-order chi connectivity index (χ0) is 20.3. The van der Waals surface area contributed by atoms with E-state index in [1.807, 2.05) is 37.4 Å². The predicted molar refractivity (Wildman–Crippen MR) is 105 cm³/mol. The molecule has 146 valence electrons. The monoisotopic (exact) mass is 401 g/mol. The Morgan fingerprint density at radius 2 is 1.93 bits per heavy atom. The summed E-state index contributed by atoms with van der Waals surface area (Å²) in [6, 6.07) is 12.8. The lowest BCUT2D eigenvalue weighted by Crippen LogP contribution is -2.19. The first-order valence-corrected chi connectivity index (χ1v) is 9.89. The lowest BCUT2D eigenvalue weighted by molar-refractivity contribution is -0.384. The Bertz CT molecular complexity index is 1100. The Morgan fingerprint density at radius 3 is 2.57 bits per heavy atom. The highest BCUT2D eigenvalue weighted by Crippen LogP contribution is 2.32. The number of hydrogen-bond acceptors (Lipinski definition) is 6. The molecule has 0 spiro atoms. The molecule has 0 bridgehead atoms. The van der Waals surface area contributed by atoms with E-state index in [2.05, 4.69) is 15.1 Å². The minimum absolute atomic E-state index is 0.170. The predicted octanol–water partition coefficient (Wildman–Crippen LogP) is 2.86. The SMILES string of the molecule is CNS(=O)(=O)c1ccc(NC(C)c2ccccc2-n2cccn2)c([N+](=O)[O-])c1. The van der Waals surface area contributed by atoms with Gasteiger partial charge in [0.25, 0.3) is 5.69 Å². The molecule has 1 aromatic heterocycles. The summed E-state index contributed by atoms with van der Waals surface area (Å²) >= 11 is 0. The lowest BCUT2D eigenvalue weighted by atomic mass is 10.1. The molecule has 1 heterocycles. The molecule has 3 rings (SSSR count). The fraction of sp³-hybridized carbons (Fsp3) is 0.167. The van der Waals surface area contributed by atoms with E-state index in [4.69, 9.17) is 0 Å². The second-order valence-electron chi connectivity index (χ2n) is 6.02. The summed E-state index contributed by atoms with van der Waals surface area (Å²) in [7, 11) is -2.53. The van der Waals surface area contributed by atoms with E-state index in [-0.39, 0.29) is 22.3 Å². The van der Waals surface area contributed by atoms with Gasteiger partial charge >= 0.3 is 0 Å². The average Bonchev–Trinajstić information content (AvgIpc) is 3.22. The van der Waals surface area contributed by atoms with Gasteiger partial charge < -0.3 is 5.32 Å². The van der Waals surface area contributed by atoms with Crippen molar-refractivity contribution in [1.82, 2.24) is 14.5 Å². The summed E-state index contributed by atoms with van der Waals surface area (Å²) in [5, 5.41) is 18.8. The van der Waals surface area contributed by atoms with Crippen LogP contribution in [0.15, 0.2) is 65.8 Å². The molecule has 1 unspecified atom stereocenters. The van der Waals surface area contributed by atoms with Crippen LogP contribution < -0.4 is 10.0 Å². The molecule has 0 aliphatic carbocycles. The molecule has 0 radical (unpaired) electrons. The molecule has 9 nitrogen and oxygen atoms in total. The van der Waals surface area contributed by atoms with Crippen molar-refractivity contribution in [3.05, 3.63) is 76.6 Å². The number of nitrogens with one attached hydrogen (secondary N) is 2. The van der Waals surface area contributed by atoms with Crippen LogP contribution in [0, 0.1) is 10.1 Å². The highest BCUT2D eigenvalue weighted by molar-refractivity contribution is 7.89. The molecule has 0 saturated heterocycles. The van der Waals surface area contributed by atoms with Crippen molar-refractivity contribution in [2.24, 2.45) is 0 Å². The Kier molecular flexibility index (Phi) is 5.43. The van der Waals surface area contributed by atoms with Crippen molar-refractivity contribution in [3.63, 3.8) is 0 Å². The Morgan fingerprint density at radius 1 is 1.18 bits per heavy atom. The van der Waals surface area contributed by atoms with Gasteiger partial charge in [-0.25, -0.2) is 17.8 Å². The number of rotatable bonds is 7. The third kappa shape index (κ3) is 3.87. The fourth-order valence-corrected chi connectivity index (χ4v) is 3.60. The van der Waals surface area contributed by atoms with E-state index in [9.17, 15) is 18.5 Å². The average molecular weight is 401 g/mol. The van der Waals surface area contributed by atoms with Gasteiger partial charge in [0.05, 0.1) is 21.5 Å². The van der Waals surface area contributed by atoms with Gasteiger partial charge in [0.2, 0.25) is 10.0 Å². The van der Waals surface area contributed by atoms with Crippen LogP contribution in [-0.2, 0) is 10.0 Å². The van der Waals surface area contributed by atoms with E-state index < -0.39 is 14.9 Å². The molecule has 1 atom stereocenters. The third-order valence-corrected chi connectivity index (χ3v) is 5.68. The van der Waals surface area contributed by atoms with Gasteiger partial charge in [-0.15, -0.1) is 0 Å². The molecule has 0 fully saturated rings. The van der Waals surface area contributed by atoms with Crippen molar-refractivity contribution in [2.45, 2.75) is 17.9 Å². The first kappa shape index (κ1) is 19.5. The van der Waals surface area contributed by atoms with Gasteiger partial charge in [-0.3, -0.25) is 10.1 Å². The minimum Gasteiger partial charge on any atom is -0.373 e. The topological polar surface area (TPSA) is 119 Å². The van der Waals surface area contributed by atoms with Gasteiger partial charge in [-0.2, -0.15) is 5.10 Å². The summed E-state index contributed by atoms with van der Waals surface area (Å²) in [4.78, 5) is 10.7. The second kappa shape index (κ2) is 7.79. The van der Waals surface area contributed by atoms with Crippen molar-refractivity contribution in [2.75, 3.05) is 12.4 Å². The summed E-state index contributed by atoms with van der Waals surface area (Å²) in [5.41, 5.74) is 1.62. The molecule has 0 saturated carbocycles. The molecular weight excluding hydrogens is 382 g/mol. The number of benzene rings is 2. The van der Waals surface area contributed by atoms with Crippen LogP contribution in [0.25, 0.3) is 5.69 Å². The molecule has 2 aromatic carbocycles. The molecule has 0 aliphatic rings. The molecular formula is C18H19N5O4S. The van der Waals surface area contributed by atoms with Gasteiger partial charge in [0.15, 0.2) is 0 Å². The highest BCUT2D eigenvalue weighted by Gasteiger charge is 2.22. The van der Waals surface area contributed by atoms with E-state index in [1.165, 1.54) is 19.2 Å². The van der Waals surface area contributed by atoms with Gasteiger partial charge in [0, 0.05) is 18.5 Å². The number of nitro groups is 1. The summed E-state index contributed by atoms with van der Waals surface area (Å²) < 4.78 is 27.8. The van der Waals surface area contributed by atoms with Crippen LogP contribution in [-0.4, -0.2) is 30.2 Å². The molecule has 10 heteroatoms. The van der Waals surface area contributed by atoms with Crippen LogP contribution >= 0.6 is 0 Å². The molecule has 3 aromatic rings. The number of sulfonamides is 1. The smallest absolute Gasteiger partial charge is 0.293 e. The number of nitro benzene ring substituents is 1. The number of hydrogen-bond donors (Lipinski definition) is 2. The third-order valence-electron chi connectivity index (χ3n) is 4.27. The van der Waals surface area contributed by atoms with E-state index >= 15 is 0 Å². The number of para-hydroxylation sites is 1. The molecule has 2 N–H and O–H groups in total. The standard InChI is InChI=1S/C18H19N5O4S/c1-13(15-6-3-4-7-17(15)22-11-5-10-20-22)21-16-9-8-14(28(26,27)19-2)12-18(16)23(24)25/h3-13,19,21H,1-2H3. The molecule has 28 heavy (non-hydrogen) atoms.